The predicted molar refractivity (Wildman–Crippen MR) is 88.5 cm³/mol. The van der Waals surface area contributed by atoms with Crippen molar-refractivity contribution in [3.63, 3.8) is 0 Å². The second-order valence-corrected chi connectivity index (χ2v) is 5.77. The number of aromatic nitrogens is 2. The summed E-state index contributed by atoms with van der Waals surface area (Å²) >= 11 is 6.09. The van der Waals surface area contributed by atoms with E-state index in [-0.39, 0.29) is 0 Å². The van der Waals surface area contributed by atoms with Crippen LogP contribution in [0.3, 0.4) is 0 Å². The largest absolute Gasteiger partial charge is 0.262 e. The summed E-state index contributed by atoms with van der Waals surface area (Å²) < 4.78 is 2.06. The van der Waals surface area contributed by atoms with E-state index in [9.17, 15) is 0 Å². The maximum atomic E-state index is 6.09. The minimum atomic E-state index is 0.299. The number of benzene rings is 2. The Labute approximate surface area is 130 Å². The van der Waals surface area contributed by atoms with Crippen molar-refractivity contribution < 1.29 is 0 Å². The first-order chi connectivity index (χ1) is 10.1. The fourth-order valence-corrected chi connectivity index (χ4v) is 2.59. The smallest absolute Gasteiger partial charge is 0.0930 e. The van der Waals surface area contributed by atoms with Gasteiger partial charge < -0.3 is 0 Å². The van der Waals surface area contributed by atoms with Crippen molar-refractivity contribution in [3.05, 3.63) is 65.7 Å². The first-order valence-corrected chi connectivity index (χ1v) is 7.44. The molecule has 0 amide bonds. The molecule has 106 valence electrons. The van der Waals surface area contributed by atoms with Crippen molar-refractivity contribution in [2.24, 2.45) is 0 Å². The fraction of sp³-hybridized carbons (Fsp3) is 0.167. The molecule has 3 aromatic rings. The van der Waals surface area contributed by atoms with Crippen LogP contribution in [0.1, 0.15) is 19.9 Å². The molecule has 1 aromatic heterocycles. The SMILES string of the molecule is CC(C)n1nc(-c2cccc(Cl)c2)cc1-c1ccccc1. The molecule has 3 heteroatoms. The molecule has 0 aliphatic heterocycles. The first kappa shape index (κ1) is 13.9. The number of halogens is 1. The Morgan fingerprint density at radius 3 is 2.29 bits per heavy atom. The molecule has 3 rings (SSSR count). The van der Waals surface area contributed by atoms with Gasteiger partial charge in [0.15, 0.2) is 0 Å². The Bertz CT molecular complexity index is 745. The number of hydrogen-bond donors (Lipinski definition) is 0. The van der Waals surface area contributed by atoms with Gasteiger partial charge in [-0.25, -0.2) is 0 Å². The van der Waals surface area contributed by atoms with Crippen molar-refractivity contribution in [3.8, 4) is 22.5 Å². The Balaban J connectivity index is 2.13. The highest BCUT2D eigenvalue weighted by Gasteiger charge is 2.13. The third-order valence-electron chi connectivity index (χ3n) is 3.41. The van der Waals surface area contributed by atoms with Crippen LogP contribution >= 0.6 is 11.6 Å². The number of hydrogen-bond acceptors (Lipinski definition) is 1. The molecule has 0 N–H and O–H groups in total. The van der Waals surface area contributed by atoms with Gasteiger partial charge >= 0.3 is 0 Å². The third kappa shape index (κ3) is 2.86. The summed E-state index contributed by atoms with van der Waals surface area (Å²) in [6.07, 6.45) is 0. The Kier molecular flexibility index (Phi) is 3.80. The van der Waals surface area contributed by atoms with Crippen molar-refractivity contribution in [2.45, 2.75) is 19.9 Å². The molecule has 2 aromatic carbocycles. The molecule has 0 unspecified atom stereocenters. The van der Waals surface area contributed by atoms with Crippen molar-refractivity contribution in [2.75, 3.05) is 0 Å². The molecule has 0 saturated heterocycles. The lowest BCUT2D eigenvalue weighted by molar-refractivity contribution is 0.540. The molecule has 0 saturated carbocycles. The Morgan fingerprint density at radius 2 is 1.62 bits per heavy atom. The van der Waals surface area contributed by atoms with Crippen LogP contribution in [0.4, 0.5) is 0 Å². The lowest BCUT2D eigenvalue weighted by Gasteiger charge is -2.10. The summed E-state index contributed by atoms with van der Waals surface area (Å²) in [5.41, 5.74) is 4.29. The molecule has 0 radical (unpaired) electrons. The van der Waals surface area contributed by atoms with E-state index in [2.05, 4.69) is 36.7 Å². The van der Waals surface area contributed by atoms with E-state index < -0.39 is 0 Å². The molecular weight excluding hydrogens is 280 g/mol. The van der Waals surface area contributed by atoms with Crippen LogP contribution < -0.4 is 0 Å². The van der Waals surface area contributed by atoms with E-state index in [1.165, 1.54) is 5.56 Å². The maximum absolute atomic E-state index is 6.09. The molecule has 0 aliphatic rings. The molecule has 21 heavy (non-hydrogen) atoms. The van der Waals surface area contributed by atoms with E-state index in [0.29, 0.717) is 6.04 Å². The molecule has 0 bridgehead atoms. The molecular formula is C18H17ClN2. The van der Waals surface area contributed by atoms with Crippen LogP contribution in [0.25, 0.3) is 22.5 Å². The van der Waals surface area contributed by atoms with Crippen LogP contribution in [0.15, 0.2) is 60.7 Å². The summed E-state index contributed by atoms with van der Waals surface area (Å²) in [6, 6.07) is 20.6. The zero-order chi connectivity index (χ0) is 14.8. The summed E-state index contributed by atoms with van der Waals surface area (Å²) in [5.74, 6) is 0. The quantitative estimate of drug-likeness (QED) is 0.628. The van der Waals surface area contributed by atoms with Crippen molar-refractivity contribution in [1.29, 1.82) is 0 Å². The summed E-state index contributed by atoms with van der Waals surface area (Å²) in [7, 11) is 0. The highest BCUT2D eigenvalue weighted by atomic mass is 35.5. The Hall–Kier alpha value is -2.06. The summed E-state index contributed by atoms with van der Waals surface area (Å²) in [4.78, 5) is 0. The second kappa shape index (κ2) is 5.74. The highest BCUT2D eigenvalue weighted by Crippen LogP contribution is 2.29. The first-order valence-electron chi connectivity index (χ1n) is 7.06. The summed E-state index contributed by atoms with van der Waals surface area (Å²) in [5, 5.41) is 5.48. The van der Waals surface area contributed by atoms with Gasteiger partial charge in [0.2, 0.25) is 0 Å². The van der Waals surface area contributed by atoms with Crippen LogP contribution in [-0.2, 0) is 0 Å². The van der Waals surface area contributed by atoms with Crippen molar-refractivity contribution in [1.82, 2.24) is 9.78 Å². The van der Waals surface area contributed by atoms with E-state index in [0.717, 1.165) is 22.0 Å². The van der Waals surface area contributed by atoms with Crippen LogP contribution in [0, 0.1) is 0 Å². The van der Waals surface area contributed by atoms with E-state index in [1.807, 2.05) is 42.5 Å². The number of nitrogens with zero attached hydrogens (tertiary/aromatic N) is 2. The Morgan fingerprint density at radius 1 is 0.905 bits per heavy atom. The van der Waals surface area contributed by atoms with Gasteiger partial charge in [0.05, 0.1) is 11.4 Å². The van der Waals surface area contributed by atoms with Crippen LogP contribution in [0.5, 0.6) is 0 Å². The van der Waals surface area contributed by atoms with Gasteiger partial charge in [-0.2, -0.15) is 5.10 Å². The van der Waals surface area contributed by atoms with Crippen LogP contribution in [0.2, 0.25) is 5.02 Å². The molecule has 0 fully saturated rings. The lowest BCUT2D eigenvalue weighted by Crippen LogP contribution is -2.04. The van der Waals surface area contributed by atoms with Gasteiger partial charge in [-0.05, 0) is 37.6 Å². The standard InChI is InChI=1S/C18H17ClN2/c1-13(2)21-18(14-7-4-3-5-8-14)12-17(20-21)15-9-6-10-16(19)11-15/h3-13H,1-2H3. The van der Waals surface area contributed by atoms with E-state index in [1.54, 1.807) is 0 Å². The topological polar surface area (TPSA) is 17.8 Å². The normalized spacial score (nSPS) is 11.0. The van der Waals surface area contributed by atoms with Gasteiger partial charge in [-0.3, -0.25) is 4.68 Å². The van der Waals surface area contributed by atoms with Gasteiger partial charge in [-0.15, -0.1) is 0 Å². The number of rotatable bonds is 3. The minimum Gasteiger partial charge on any atom is -0.262 e. The average Bonchev–Trinajstić information content (AvgIpc) is 2.93. The van der Waals surface area contributed by atoms with E-state index >= 15 is 0 Å². The predicted octanol–water partition coefficient (Wildman–Crippen LogP) is 5.45. The monoisotopic (exact) mass is 296 g/mol. The molecule has 1 heterocycles. The molecule has 0 atom stereocenters. The average molecular weight is 297 g/mol. The van der Waals surface area contributed by atoms with Crippen molar-refractivity contribution >= 4 is 11.6 Å². The van der Waals surface area contributed by atoms with Gasteiger partial charge in [0, 0.05) is 16.6 Å². The zero-order valence-electron chi connectivity index (χ0n) is 12.1. The lowest BCUT2D eigenvalue weighted by atomic mass is 10.1. The maximum Gasteiger partial charge on any atom is 0.0930 e. The van der Waals surface area contributed by atoms with Gasteiger partial charge in [-0.1, -0.05) is 54.1 Å². The third-order valence-corrected chi connectivity index (χ3v) is 3.65. The van der Waals surface area contributed by atoms with Gasteiger partial charge in [0.1, 0.15) is 0 Å². The molecule has 0 aliphatic carbocycles. The van der Waals surface area contributed by atoms with Crippen LogP contribution in [-0.4, -0.2) is 9.78 Å². The second-order valence-electron chi connectivity index (χ2n) is 5.33. The minimum absolute atomic E-state index is 0.299. The fourth-order valence-electron chi connectivity index (χ4n) is 2.40. The summed E-state index contributed by atoms with van der Waals surface area (Å²) in [6.45, 7) is 4.28. The van der Waals surface area contributed by atoms with Gasteiger partial charge in [0.25, 0.3) is 0 Å². The zero-order valence-corrected chi connectivity index (χ0v) is 12.9. The van der Waals surface area contributed by atoms with E-state index in [4.69, 9.17) is 16.7 Å². The highest BCUT2D eigenvalue weighted by molar-refractivity contribution is 6.30. The molecule has 0 spiro atoms. The molecule has 2 nitrogen and oxygen atoms in total.